The number of rotatable bonds is 4. The van der Waals surface area contributed by atoms with Crippen molar-refractivity contribution < 1.29 is 8.83 Å². The Morgan fingerprint density at radius 2 is 0.945 bits per heavy atom. The first-order valence-electron chi connectivity index (χ1n) is 18.4. The first kappa shape index (κ1) is 29.9. The molecule has 0 aliphatic carbocycles. The van der Waals surface area contributed by atoms with Crippen molar-refractivity contribution in [3.05, 3.63) is 170 Å². The quantitative estimate of drug-likeness (QED) is 0.182. The summed E-state index contributed by atoms with van der Waals surface area (Å²) in [6.45, 7) is 0. The minimum Gasteiger partial charge on any atom is -0.456 e. The summed E-state index contributed by atoms with van der Waals surface area (Å²) in [6.07, 6.45) is 0. The normalized spacial score (nSPS) is 12.0. The molecule has 0 spiro atoms. The van der Waals surface area contributed by atoms with E-state index in [-0.39, 0.29) is 0 Å². The lowest BCUT2D eigenvalue weighted by atomic mass is 10.0. The van der Waals surface area contributed by atoms with E-state index in [9.17, 15) is 0 Å². The third-order valence-corrected chi connectivity index (χ3v) is 10.8. The molecule has 12 rings (SSSR count). The summed E-state index contributed by atoms with van der Waals surface area (Å²) in [7, 11) is 0. The molecular formula is C49H28N4O2. The van der Waals surface area contributed by atoms with Crippen LogP contribution in [0, 0.1) is 0 Å². The molecule has 0 saturated carbocycles. The van der Waals surface area contributed by atoms with E-state index in [4.69, 9.17) is 23.8 Å². The van der Waals surface area contributed by atoms with E-state index < -0.39 is 0 Å². The first-order valence-corrected chi connectivity index (χ1v) is 18.4. The topological polar surface area (TPSA) is 69.9 Å². The Balaban J connectivity index is 1.12. The van der Waals surface area contributed by atoms with Crippen LogP contribution < -0.4 is 0 Å². The minimum atomic E-state index is 0.565. The molecule has 0 unspecified atom stereocenters. The Bertz CT molecular complexity index is 3500. The molecule has 4 aromatic heterocycles. The molecule has 0 aliphatic heterocycles. The largest absolute Gasteiger partial charge is 0.456 e. The molecule has 8 aromatic carbocycles. The number of hydrogen-bond donors (Lipinski definition) is 0. The molecule has 12 aromatic rings. The van der Waals surface area contributed by atoms with Crippen LogP contribution in [0.15, 0.2) is 179 Å². The average Bonchev–Trinajstić information content (AvgIpc) is 3.92. The highest BCUT2D eigenvalue weighted by Gasteiger charge is 2.21. The van der Waals surface area contributed by atoms with Crippen LogP contribution in [-0.4, -0.2) is 19.5 Å². The van der Waals surface area contributed by atoms with Crippen molar-refractivity contribution in [1.82, 2.24) is 19.5 Å². The fourth-order valence-corrected chi connectivity index (χ4v) is 8.37. The predicted molar refractivity (Wildman–Crippen MR) is 223 cm³/mol. The third-order valence-electron chi connectivity index (χ3n) is 10.8. The zero-order chi connectivity index (χ0) is 36.0. The van der Waals surface area contributed by atoms with Gasteiger partial charge in [0.15, 0.2) is 17.5 Å². The molecule has 0 atom stereocenters. The van der Waals surface area contributed by atoms with Gasteiger partial charge in [-0.3, -0.25) is 0 Å². The predicted octanol–water partition coefficient (Wildman–Crippen LogP) is 12.9. The van der Waals surface area contributed by atoms with Crippen molar-refractivity contribution >= 4 is 76.5 Å². The maximum atomic E-state index is 6.55. The fraction of sp³-hybridized carbons (Fsp3) is 0. The molecule has 256 valence electrons. The molecule has 0 amide bonds. The zero-order valence-electron chi connectivity index (χ0n) is 29.3. The standard InChI is InChI=1S/C49H28N4O2/c1-2-12-29(13-3-1)47-50-48(35-18-10-22-43-45(35)34-17-7-9-21-41(34)54-43)52-49(51-47)36-19-11-23-44-46(36)38-28-32(24-25-42(38)55-44)53-39-20-8-6-16-33(39)37-26-30-14-4-5-15-31(30)27-40(37)53/h1-28H. The highest BCUT2D eigenvalue weighted by atomic mass is 16.3. The summed E-state index contributed by atoms with van der Waals surface area (Å²) in [5, 5.41) is 8.80. The molecule has 0 N–H and O–H groups in total. The van der Waals surface area contributed by atoms with Crippen LogP contribution >= 0.6 is 0 Å². The maximum Gasteiger partial charge on any atom is 0.164 e. The summed E-state index contributed by atoms with van der Waals surface area (Å²) in [5.41, 5.74) is 9.18. The average molecular weight is 705 g/mol. The van der Waals surface area contributed by atoms with Crippen LogP contribution in [-0.2, 0) is 0 Å². The molecule has 0 saturated heterocycles. The van der Waals surface area contributed by atoms with Gasteiger partial charge in [-0.1, -0.05) is 115 Å². The summed E-state index contributed by atoms with van der Waals surface area (Å²) in [5.74, 6) is 1.73. The van der Waals surface area contributed by atoms with E-state index in [2.05, 4.69) is 102 Å². The molecule has 55 heavy (non-hydrogen) atoms. The van der Waals surface area contributed by atoms with Crippen molar-refractivity contribution in [2.75, 3.05) is 0 Å². The lowest BCUT2D eigenvalue weighted by Crippen LogP contribution is -2.00. The minimum absolute atomic E-state index is 0.565. The summed E-state index contributed by atoms with van der Waals surface area (Å²) in [6, 6.07) is 58.6. The van der Waals surface area contributed by atoms with Gasteiger partial charge in [0.1, 0.15) is 22.3 Å². The number of furan rings is 2. The molecule has 0 fully saturated rings. The highest BCUT2D eigenvalue weighted by molar-refractivity contribution is 6.16. The smallest absolute Gasteiger partial charge is 0.164 e. The van der Waals surface area contributed by atoms with Gasteiger partial charge in [0.05, 0.1) is 11.0 Å². The van der Waals surface area contributed by atoms with Gasteiger partial charge in [-0.2, -0.15) is 0 Å². The third kappa shape index (κ3) is 4.52. The van der Waals surface area contributed by atoms with Gasteiger partial charge in [0.25, 0.3) is 0 Å². The molecular weight excluding hydrogens is 677 g/mol. The van der Waals surface area contributed by atoms with E-state index in [1.165, 1.54) is 21.5 Å². The van der Waals surface area contributed by atoms with E-state index in [0.29, 0.717) is 17.5 Å². The van der Waals surface area contributed by atoms with Crippen molar-refractivity contribution in [1.29, 1.82) is 0 Å². The number of hydrogen-bond acceptors (Lipinski definition) is 5. The van der Waals surface area contributed by atoms with Gasteiger partial charge in [0, 0.05) is 54.7 Å². The first-order chi connectivity index (χ1) is 27.2. The molecule has 6 heteroatoms. The second kappa shape index (κ2) is 11.5. The SMILES string of the molecule is c1ccc(-c2nc(-c3cccc4oc5ccccc5c34)nc(-c3cccc4oc5ccc(-n6c7ccccc7c7cc8ccccc8cc76)cc5c34)n2)cc1. The van der Waals surface area contributed by atoms with E-state index in [1.807, 2.05) is 72.8 Å². The van der Waals surface area contributed by atoms with Gasteiger partial charge in [-0.25, -0.2) is 15.0 Å². The van der Waals surface area contributed by atoms with Crippen LogP contribution in [0.3, 0.4) is 0 Å². The van der Waals surface area contributed by atoms with Crippen LogP contribution in [0.5, 0.6) is 0 Å². The van der Waals surface area contributed by atoms with Crippen molar-refractivity contribution in [2.45, 2.75) is 0 Å². The monoisotopic (exact) mass is 704 g/mol. The van der Waals surface area contributed by atoms with Gasteiger partial charge in [0.2, 0.25) is 0 Å². The Morgan fingerprint density at radius 3 is 1.71 bits per heavy atom. The van der Waals surface area contributed by atoms with Gasteiger partial charge in [-0.05, 0) is 65.4 Å². The van der Waals surface area contributed by atoms with Crippen LogP contribution in [0.2, 0.25) is 0 Å². The molecule has 4 heterocycles. The van der Waals surface area contributed by atoms with Crippen LogP contribution in [0.1, 0.15) is 0 Å². The van der Waals surface area contributed by atoms with Crippen LogP contribution in [0.25, 0.3) is 116 Å². The summed E-state index contributed by atoms with van der Waals surface area (Å²) >= 11 is 0. The Hall–Kier alpha value is -7.57. The Labute approximate surface area is 313 Å². The molecule has 6 nitrogen and oxygen atoms in total. The van der Waals surface area contributed by atoms with Crippen LogP contribution in [0.4, 0.5) is 0 Å². The lowest BCUT2D eigenvalue weighted by molar-refractivity contribution is 0.668. The second-order valence-electron chi connectivity index (χ2n) is 14.0. The summed E-state index contributed by atoms with van der Waals surface area (Å²) < 4.78 is 15.2. The Morgan fingerprint density at radius 1 is 0.364 bits per heavy atom. The number of benzene rings is 8. The highest BCUT2D eigenvalue weighted by Crippen LogP contribution is 2.41. The van der Waals surface area contributed by atoms with Gasteiger partial charge < -0.3 is 13.4 Å². The number of aromatic nitrogens is 4. The number of fused-ring (bicyclic) bond motifs is 10. The number of para-hydroxylation sites is 2. The second-order valence-corrected chi connectivity index (χ2v) is 14.0. The van der Waals surface area contributed by atoms with Crippen molar-refractivity contribution in [2.24, 2.45) is 0 Å². The Kier molecular flexibility index (Phi) is 6.24. The number of nitrogens with zero attached hydrogens (tertiary/aromatic N) is 4. The molecule has 0 aliphatic rings. The molecule has 0 bridgehead atoms. The van der Waals surface area contributed by atoms with E-state index in [1.54, 1.807) is 0 Å². The van der Waals surface area contributed by atoms with E-state index in [0.717, 1.165) is 77.3 Å². The fourth-order valence-electron chi connectivity index (χ4n) is 8.37. The van der Waals surface area contributed by atoms with Gasteiger partial charge in [-0.15, -0.1) is 0 Å². The molecule has 0 radical (unpaired) electrons. The zero-order valence-corrected chi connectivity index (χ0v) is 29.3. The van der Waals surface area contributed by atoms with Gasteiger partial charge >= 0.3 is 0 Å². The van der Waals surface area contributed by atoms with Crippen molar-refractivity contribution in [3.63, 3.8) is 0 Å². The van der Waals surface area contributed by atoms with Crippen molar-refractivity contribution in [3.8, 4) is 39.9 Å². The maximum absolute atomic E-state index is 6.55. The summed E-state index contributed by atoms with van der Waals surface area (Å²) in [4.78, 5) is 15.5. The lowest BCUT2D eigenvalue weighted by Gasteiger charge is -2.10. The van der Waals surface area contributed by atoms with E-state index >= 15 is 0 Å².